The molecule has 2 rings (SSSR count). The van der Waals surface area contributed by atoms with Gasteiger partial charge in [0.25, 0.3) is 5.69 Å². The summed E-state index contributed by atoms with van der Waals surface area (Å²) in [6.07, 6.45) is 0.458. The highest BCUT2D eigenvalue weighted by Crippen LogP contribution is 2.36. The Morgan fingerprint density at radius 3 is 2.54 bits per heavy atom. The molecule has 0 fully saturated rings. The van der Waals surface area contributed by atoms with E-state index in [4.69, 9.17) is 23.2 Å². The van der Waals surface area contributed by atoms with Gasteiger partial charge in [-0.1, -0.05) is 43.3 Å². The van der Waals surface area contributed by atoms with Gasteiger partial charge >= 0.3 is 0 Å². The molecule has 7 heteroatoms. The van der Waals surface area contributed by atoms with Gasteiger partial charge in [0.05, 0.1) is 4.92 Å². The maximum Gasteiger partial charge on any atom is 0.273 e. The topological polar surface area (TPSA) is 72.2 Å². The lowest BCUT2D eigenvalue weighted by Crippen LogP contribution is -2.23. The first-order chi connectivity index (χ1) is 12.3. The lowest BCUT2D eigenvalue weighted by atomic mass is 9.95. The third kappa shape index (κ3) is 4.23. The molecule has 0 aliphatic rings. The molecule has 1 unspecified atom stereocenters. The van der Waals surface area contributed by atoms with E-state index in [1.165, 1.54) is 6.07 Å². The Kier molecular flexibility index (Phi) is 6.40. The highest BCUT2D eigenvalue weighted by Gasteiger charge is 2.21. The Bertz CT molecular complexity index is 881. The van der Waals surface area contributed by atoms with E-state index in [2.05, 4.69) is 11.9 Å². The number of carbonyl (C=O) groups is 1. The van der Waals surface area contributed by atoms with Gasteiger partial charge in [-0.15, -0.1) is 11.6 Å². The van der Waals surface area contributed by atoms with E-state index >= 15 is 0 Å². The van der Waals surface area contributed by atoms with Gasteiger partial charge in [-0.25, -0.2) is 0 Å². The fourth-order valence-electron chi connectivity index (χ4n) is 2.49. The number of nitrogens with zero attached hydrogens (tertiary/aromatic N) is 1. The molecule has 0 spiro atoms. The highest BCUT2D eigenvalue weighted by molar-refractivity contribution is 6.33. The first-order valence-electron chi connectivity index (χ1n) is 7.94. The van der Waals surface area contributed by atoms with E-state index in [1.807, 2.05) is 0 Å². The average molecular weight is 393 g/mol. The molecule has 0 radical (unpaired) electrons. The molecule has 1 atom stereocenters. The summed E-state index contributed by atoms with van der Waals surface area (Å²) in [4.78, 5) is 23.1. The van der Waals surface area contributed by atoms with E-state index in [0.29, 0.717) is 39.4 Å². The standard InChI is InChI=1S/C19H18Cl2N2O3/c1-4-15(20)19(24)22-17-9-11(2)18(23(25)26)10-14(17)12(3)13-7-5-6-8-16(13)21/h5-10,15H,3-4H2,1-2H3,(H,22,24). The second-order valence-corrected chi connectivity index (χ2v) is 6.70. The third-order valence-electron chi connectivity index (χ3n) is 3.96. The number of amides is 1. The number of carbonyl (C=O) groups excluding carboxylic acids is 1. The van der Waals surface area contributed by atoms with Gasteiger partial charge in [-0.2, -0.15) is 0 Å². The van der Waals surface area contributed by atoms with E-state index < -0.39 is 10.3 Å². The molecule has 1 amide bonds. The second kappa shape index (κ2) is 8.34. The predicted molar refractivity (Wildman–Crippen MR) is 106 cm³/mol. The number of halogens is 2. The Balaban J connectivity index is 2.59. The number of nitrogens with one attached hydrogen (secondary N) is 1. The Hall–Kier alpha value is -2.37. The van der Waals surface area contributed by atoms with Crippen LogP contribution in [0.4, 0.5) is 11.4 Å². The van der Waals surface area contributed by atoms with Crippen molar-refractivity contribution >= 4 is 46.1 Å². The van der Waals surface area contributed by atoms with Crippen molar-refractivity contribution in [3.05, 3.63) is 74.8 Å². The lowest BCUT2D eigenvalue weighted by Gasteiger charge is -2.16. The van der Waals surface area contributed by atoms with Crippen LogP contribution >= 0.6 is 23.2 Å². The van der Waals surface area contributed by atoms with Crippen LogP contribution < -0.4 is 5.32 Å². The van der Waals surface area contributed by atoms with Crippen molar-refractivity contribution in [2.45, 2.75) is 25.6 Å². The van der Waals surface area contributed by atoms with Crippen molar-refractivity contribution < 1.29 is 9.72 Å². The van der Waals surface area contributed by atoms with E-state index in [-0.39, 0.29) is 11.6 Å². The number of hydrogen-bond acceptors (Lipinski definition) is 3. The largest absolute Gasteiger partial charge is 0.324 e. The number of aryl methyl sites for hydroxylation is 1. The van der Waals surface area contributed by atoms with Crippen LogP contribution in [0.5, 0.6) is 0 Å². The minimum absolute atomic E-state index is 0.0656. The van der Waals surface area contributed by atoms with Gasteiger partial charge in [0.15, 0.2) is 0 Å². The van der Waals surface area contributed by atoms with Crippen molar-refractivity contribution in [2.24, 2.45) is 0 Å². The normalized spacial score (nSPS) is 11.7. The SMILES string of the molecule is C=C(c1ccccc1Cl)c1cc([N+](=O)[O-])c(C)cc1NC(=O)C(Cl)CC. The molecule has 26 heavy (non-hydrogen) atoms. The van der Waals surface area contributed by atoms with E-state index in [1.54, 1.807) is 44.2 Å². The molecule has 0 aliphatic heterocycles. The van der Waals surface area contributed by atoms with Crippen LogP contribution in [0, 0.1) is 17.0 Å². The summed E-state index contributed by atoms with van der Waals surface area (Å²) in [5.41, 5.74) is 2.27. The zero-order valence-electron chi connectivity index (χ0n) is 14.4. The fraction of sp³-hybridized carbons (Fsp3) is 0.211. The maximum atomic E-state index is 12.2. The third-order valence-corrected chi connectivity index (χ3v) is 4.79. The summed E-state index contributed by atoms with van der Waals surface area (Å²) >= 11 is 12.2. The van der Waals surface area contributed by atoms with Crippen LogP contribution in [0.15, 0.2) is 43.0 Å². The van der Waals surface area contributed by atoms with Crippen molar-refractivity contribution in [3.8, 4) is 0 Å². The molecular formula is C19H18Cl2N2O3. The molecular weight excluding hydrogens is 375 g/mol. The number of alkyl halides is 1. The summed E-state index contributed by atoms with van der Waals surface area (Å²) in [5.74, 6) is -0.379. The zero-order chi connectivity index (χ0) is 19.4. The minimum Gasteiger partial charge on any atom is -0.324 e. The molecule has 2 aromatic rings. The van der Waals surface area contributed by atoms with Crippen molar-refractivity contribution in [3.63, 3.8) is 0 Å². The Morgan fingerprint density at radius 2 is 1.96 bits per heavy atom. The summed E-state index contributed by atoms with van der Waals surface area (Å²) < 4.78 is 0. The van der Waals surface area contributed by atoms with Crippen LogP contribution in [0.2, 0.25) is 5.02 Å². The number of anilines is 1. The van der Waals surface area contributed by atoms with Crippen molar-refractivity contribution in [1.82, 2.24) is 0 Å². The molecule has 136 valence electrons. The van der Waals surface area contributed by atoms with Gasteiger partial charge in [-0.05, 0) is 31.1 Å². The monoisotopic (exact) mass is 392 g/mol. The van der Waals surface area contributed by atoms with E-state index in [0.717, 1.165) is 0 Å². The summed E-state index contributed by atoms with van der Waals surface area (Å²) in [7, 11) is 0. The number of nitro groups is 1. The first kappa shape index (κ1) is 19.9. The van der Waals surface area contributed by atoms with Gasteiger partial charge in [0, 0.05) is 33.5 Å². The summed E-state index contributed by atoms with van der Waals surface area (Å²) in [5, 5.41) is 13.8. The van der Waals surface area contributed by atoms with Gasteiger partial charge in [-0.3, -0.25) is 14.9 Å². The van der Waals surface area contributed by atoms with Gasteiger partial charge < -0.3 is 5.32 Å². The second-order valence-electron chi connectivity index (χ2n) is 5.76. The van der Waals surface area contributed by atoms with Crippen LogP contribution in [0.3, 0.4) is 0 Å². The van der Waals surface area contributed by atoms with Crippen LogP contribution in [-0.2, 0) is 4.79 Å². The van der Waals surface area contributed by atoms with E-state index in [9.17, 15) is 14.9 Å². The molecule has 5 nitrogen and oxygen atoms in total. The molecule has 1 N–H and O–H groups in total. The molecule has 0 bridgehead atoms. The molecule has 0 saturated heterocycles. The lowest BCUT2D eigenvalue weighted by molar-refractivity contribution is -0.385. The molecule has 2 aromatic carbocycles. The first-order valence-corrected chi connectivity index (χ1v) is 8.75. The Morgan fingerprint density at radius 1 is 1.31 bits per heavy atom. The number of nitro benzene ring substituents is 1. The van der Waals surface area contributed by atoms with Gasteiger partial charge in [0.2, 0.25) is 5.91 Å². The summed E-state index contributed by atoms with van der Waals surface area (Å²) in [6, 6.07) is 9.98. The smallest absolute Gasteiger partial charge is 0.273 e. The molecule has 0 heterocycles. The van der Waals surface area contributed by atoms with Crippen molar-refractivity contribution in [1.29, 1.82) is 0 Å². The quantitative estimate of drug-likeness (QED) is 0.396. The number of rotatable bonds is 6. The number of hydrogen-bond donors (Lipinski definition) is 1. The average Bonchev–Trinajstić information content (AvgIpc) is 2.60. The fourth-order valence-corrected chi connectivity index (χ4v) is 2.80. The Labute approximate surface area is 161 Å². The molecule has 0 aromatic heterocycles. The summed E-state index contributed by atoms with van der Waals surface area (Å²) in [6.45, 7) is 7.43. The minimum atomic E-state index is -0.702. The zero-order valence-corrected chi connectivity index (χ0v) is 15.9. The maximum absolute atomic E-state index is 12.2. The predicted octanol–water partition coefficient (Wildman–Crippen LogP) is 5.57. The number of benzene rings is 2. The van der Waals surface area contributed by atoms with Crippen LogP contribution in [-0.4, -0.2) is 16.2 Å². The van der Waals surface area contributed by atoms with Crippen LogP contribution in [0.25, 0.3) is 5.57 Å². The van der Waals surface area contributed by atoms with Crippen molar-refractivity contribution in [2.75, 3.05) is 5.32 Å². The van der Waals surface area contributed by atoms with Gasteiger partial charge in [0.1, 0.15) is 5.38 Å². The molecule has 0 saturated carbocycles. The highest BCUT2D eigenvalue weighted by atomic mass is 35.5. The van der Waals surface area contributed by atoms with Crippen LogP contribution in [0.1, 0.15) is 30.0 Å². The molecule has 0 aliphatic carbocycles.